The van der Waals surface area contributed by atoms with Crippen molar-refractivity contribution in [2.75, 3.05) is 18.4 Å². The SMILES string of the molecule is O=C(NCCNc1ncccc1C(F)(F)F)c1cc2sc(Cl)c(Cl)c2[nH]1. The molecule has 26 heavy (non-hydrogen) atoms. The quantitative estimate of drug-likeness (QED) is 0.517. The zero-order valence-electron chi connectivity index (χ0n) is 12.9. The maximum absolute atomic E-state index is 12.9. The van der Waals surface area contributed by atoms with E-state index >= 15 is 0 Å². The highest BCUT2D eigenvalue weighted by Gasteiger charge is 2.33. The van der Waals surface area contributed by atoms with Crippen molar-refractivity contribution in [3.05, 3.63) is 45.0 Å². The number of rotatable bonds is 5. The summed E-state index contributed by atoms with van der Waals surface area (Å²) < 4.78 is 39.8. The molecule has 0 aliphatic carbocycles. The molecule has 3 N–H and O–H groups in total. The molecule has 0 atom stereocenters. The zero-order valence-corrected chi connectivity index (χ0v) is 15.2. The monoisotopic (exact) mass is 422 g/mol. The summed E-state index contributed by atoms with van der Waals surface area (Å²) in [6, 6.07) is 3.76. The number of aromatic amines is 1. The molecule has 1 amide bonds. The van der Waals surface area contributed by atoms with Gasteiger partial charge in [-0.05, 0) is 18.2 Å². The van der Waals surface area contributed by atoms with Gasteiger partial charge in [0.05, 0.1) is 20.8 Å². The maximum Gasteiger partial charge on any atom is 0.419 e. The van der Waals surface area contributed by atoms with Crippen LogP contribution < -0.4 is 10.6 Å². The van der Waals surface area contributed by atoms with Crippen molar-refractivity contribution in [3.8, 4) is 0 Å². The third-order valence-corrected chi connectivity index (χ3v) is 5.37. The minimum atomic E-state index is -4.50. The van der Waals surface area contributed by atoms with Crippen molar-refractivity contribution in [1.29, 1.82) is 0 Å². The number of H-pyrrole nitrogens is 1. The molecule has 0 saturated carbocycles. The summed E-state index contributed by atoms with van der Waals surface area (Å²) in [5, 5.41) is 5.52. The van der Waals surface area contributed by atoms with E-state index in [1.807, 2.05) is 0 Å². The van der Waals surface area contributed by atoms with Crippen LogP contribution in [0.1, 0.15) is 16.1 Å². The molecular weight excluding hydrogens is 412 g/mol. The molecule has 5 nitrogen and oxygen atoms in total. The first kappa shape index (κ1) is 18.8. The van der Waals surface area contributed by atoms with Gasteiger partial charge in [0.2, 0.25) is 0 Å². The van der Waals surface area contributed by atoms with E-state index in [2.05, 4.69) is 20.6 Å². The highest BCUT2D eigenvalue weighted by Crippen LogP contribution is 2.38. The number of carbonyl (C=O) groups is 1. The maximum atomic E-state index is 12.9. The number of hydrogen-bond acceptors (Lipinski definition) is 4. The Morgan fingerprint density at radius 1 is 1.31 bits per heavy atom. The molecule has 3 heterocycles. The number of pyridine rings is 1. The van der Waals surface area contributed by atoms with Crippen molar-refractivity contribution in [1.82, 2.24) is 15.3 Å². The molecule has 0 saturated heterocycles. The van der Waals surface area contributed by atoms with E-state index in [0.717, 1.165) is 10.8 Å². The van der Waals surface area contributed by atoms with Gasteiger partial charge in [0.1, 0.15) is 15.8 Å². The fourth-order valence-electron chi connectivity index (χ4n) is 2.27. The van der Waals surface area contributed by atoms with Crippen LogP contribution in [0.25, 0.3) is 10.2 Å². The van der Waals surface area contributed by atoms with E-state index in [-0.39, 0.29) is 18.9 Å². The van der Waals surface area contributed by atoms with Gasteiger partial charge in [0.15, 0.2) is 0 Å². The van der Waals surface area contributed by atoms with E-state index in [1.54, 1.807) is 6.07 Å². The van der Waals surface area contributed by atoms with Crippen LogP contribution in [0, 0.1) is 0 Å². The molecule has 0 fully saturated rings. The molecule has 11 heteroatoms. The Balaban J connectivity index is 1.57. The molecule has 0 bridgehead atoms. The summed E-state index contributed by atoms with van der Waals surface area (Å²) in [7, 11) is 0. The molecule has 3 aromatic heterocycles. The van der Waals surface area contributed by atoms with Crippen LogP contribution in [-0.2, 0) is 6.18 Å². The fourth-order valence-corrected chi connectivity index (χ4v) is 3.75. The van der Waals surface area contributed by atoms with Crippen LogP contribution >= 0.6 is 34.5 Å². The number of amides is 1. The summed E-state index contributed by atoms with van der Waals surface area (Å²) >= 11 is 13.2. The summed E-state index contributed by atoms with van der Waals surface area (Å²) in [6.07, 6.45) is -3.24. The summed E-state index contributed by atoms with van der Waals surface area (Å²) in [4.78, 5) is 18.7. The smallest absolute Gasteiger partial charge is 0.368 e. The second-order valence-electron chi connectivity index (χ2n) is 5.19. The number of halogens is 5. The average Bonchev–Trinajstić information content (AvgIpc) is 3.11. The molecule has 3 aromatic rings. The lowest BCUT2D eigenvalue weighted by Gasteiger charge is -2.13. The highest BCUT2D eigenvalue weighted by atomic mass is 35.5. The molecule has 0 aliphatic rings. The van der Waals surface area contributed by atoms with Crippen molar-refractivity contribution in [3.63, 3.8) is 0 Å². The first-order valence-corrected chi connectivity index (χ1v) is 8.85. The first-order valence-electron chi connectivity index (χ1n) is 7.28. The highest BCUT2D eigenvalue weighted by molar-refractivity contribution is 7.23. The standard InChI is InChI=1S/C15H11Cl2F3N4OS/c16-10-11-9(26-12(10)17)6-8(24-11)14(25)23-5-4-22-13-7(15(18,19)20)2-1-3-21-13/h1-3,6,24H,4-5H2,(H,21,22)(H,23,25). The van der Waals surface area contributed by atoms with Gasteiger partial charge in [-0.1, -0.05) is 23.2 Å². The van der Waals surface area contributed by atoms with Gasteiger partial charge in [-0.3, -0.25) is 4.79 Å². The summed E-state index contributed by atoms with van der Waals surface area (Å²) in [5.74, 6) is -0.685. The zero-order chi connectivity index (χ0) is 18.9. The van der Waals surface area contributed by atoms with E-state index in [0.29, 0.717) is 20.6 Å². The van der Waals surface area contributed by atoms with E-state index in [1.165, 1.54) is 23.6 Å². The van der Waals surface area contributed by atoms with Crippen molar-refractivity contribution >= 4 is 56.5 Å². The van der Waals surface area contributed by atoms with E-state index < -0.39 is 17.6 Å². The normalized spacial score (nSPS) is 11.7. The number of nitrogens with one attached hydrogen (secondary N) is 3. The second kappa shape index (κ2) is 7.34. The van der Waals surface area contributed by atoms with Gasteiger partial charge in [-0.25, -0.2) is 4.98 Å². The minimum Gasteiger partial charge on any atom is -0.368 e. The lowest BCUT2D eigenvalue weighted by Crippen LogP contribution is -2.29. The molecule has 3 rings (SSSR count). The number of carbonyl (C=O) groups excluding carboxylic acids is 1. The summed E-state index contributed by atoms with van der Waals surface area (Å²) in [6.45, 7) is 0.182. The van der Waals surface area contributed by atoms with Crippen LogP contribution in [-0.4, -0.2) is 29.0 Å². The number of aromatic nitrogens is 2. The molecule has 138 valence electrons. The van der Waals surface area contributed by atoms with Crippen LogP contribution in [0.15, 0.2) is 24.4 Å². The van der Waals surface area contributed by atoms with Gasteiger partial charge in [-0.15, -0.1) is 11.3 Å². The third-order valence-electron chi connectivity index (χ3n) is 3.43. The number of fused-ring (bicyclic) bond motifs is 1. The van der Waals surface area contributed by atoms with E-state index in [4.69, 9.17) is 23.2 Å². The number of hydrogen-bond donors (Lipinski definition) is 3. The predicted molar refractivity (Wildman–Crippen MR) is 96.3 cm³/mol. The molecule has 0 radical (unpaired) electrons. The van der Waals surface area contributed by atoms with Crippen LogP contribution in [0.3, 0.4) is 0 Å². The van der Waals surface area contributed by atoms with Crippen molar-refractivity contribution < 1.29 is 18.0 Å². The molecule has 0 aliphatic heterocycles. The Morgan fingerprint density at radius 3 is 2.77 bits per heavy atom. The minimum absolute atomic E-state index is 0.0769. The lowest BCUT2D eigenvalue weighted by atomic mass is 10.2. The van der Waals surface area contributed by atoms with Crippen LogP contribution in [0.5, 0.6) is 0 Å². The van der Waals surface area contributed by atoms with Crippen molar-refractivity contribution in [2.24, 2.45) is 0 Å². The Morgan fingerprint density at radius 2 is 2.08 bits per heavy atom. The van der Waals surface area contributed by atoms with E-state index in [9.17, 15) is 18.0 Å². The molecule has 0 spiro atoms. The Kier molecular flexibility index (Phi) is 5.31. The van der Waals surface area contributed by atoms with Gasteiger partial charge < -0.3 is 15.6 Å². The number of thiophene rings is 1. The topological polar surface area (TPSA) is 69.8 Å². The van der Waals surface area contributed by atoms with Crippen LogP contribution in [0.2, 0.25) is 9.36 Å². The third kappa shape index (κ3) is 3.89. The number of alkyl halides is 3. The largest absolute Gasteiger partial charge is 0.419 e. The Hall–Kier alpha value is -1.97. The molecule has 0 aromatic carbocycles. The van der Waals surface area contributed by atoms with Gasteiger partial charge >= 0.3 is 6.18 Å². The first-order chi connectivity index (χ1) is 12.3. The number of nitrogens with zero attached hydrogens (tertiary/aromatic N) is 1. The fraction of sp³-hybridized carbons (Fsp3) is 0.200. The van der Waals surface area contributed by atoms with Gasteiger partial charge in [0.25, 0.3) is 5.91 Å². The van der Waals surface area contributed by atoms with Crippen molar-refractivity contribution in [2.45, 2.75) is 6.18 Å². The van der Waals surface area contributed by atoms with Crippen LogP contribution in [0.4, 0.5) is 19.0 Å². The summed E-state index contributed by atoms with van der Waals surface area (Å²) in [5.41, 5.74) is 0.00864. The second-order valence-corrected chi connectivity index (χ2v) is 7.22. The van der Waals surface area contributed by atoms with Gasteiger partial charge in [0, 0.05) is 19.3 Å². The predicted octanol–water partition coefficient (Wildman–Crippen LogP) is 4.79. The Bertz CT molecular complexity index is 954. The molecular formula is C15H11Cl2F3N4OS. The molecule has 0 unspecified atom stereocenters. The average molecular weight is 423 g/mol. The number of anilines is 1. The Labute approximate surface area is 159 Å². The van der Waals surface area contributed by atoms with Gasteiger partial charge in [-0.2, -0.15) is 13.2 Å². The lowest BCUT2D eigenvalue weighted by molar-refractivity contribution is -0.137.